The summed E-state index contributed by atoms with van der Waals surface area (Å²) in [7, 11) is 0. The maximum atomic E-state index is 10.6. The lowest BCUT2D eigenvalue weighted by atomic mass is 10.4. The van der Waals surface area contributed by atoms with Gasteiger partial charge < -0.3 is 10.4 Å². The van der Waals surface area contributed by atoms with Gasteiger partial charge in [-0.2, -0.15) is 0 Å². The molecule has 5 nitrogen and oxygen atoms in total. The molecule has 0 aliphatic rings. The highest BCUT2D eigenvalue weighted by Crippen LogP contribution is 2.23. The van der Waals surface area contributed by atoms with E-state index >= 15 is 0 Å². The molecule has 2 N–H and O–H groups in total. The molecule has 0 radical (unpaired) electrons. The van der Waals surface area contributed by atoms with Crippen molar-refractivity contribution in [2.24, 2.45) is 0 Å². The van der Waals surface area contributed by atoms with E-state index in [9.17, 15) is 4.79 Å². The highest BCUT2D eigenvalue weighted by Gasteiger charge is 2.05. The summed E-state index contributed by atoms with van der Waals surface area (Å²) in [5.74, 6) is -0.527. The summed E-state index contributed by atoms with van der Waals surface area (Å²) in [5, 5.41) is 13.7. The van der Waals surface area contributed by atoms with Crippen LogP contribution in [0, 0.1) is 0 Å². The summed E-state index contributed by atoms with van der Waals surface area (Å²) >= 11 is 5.05. The Bertz CT molecular complexity index is 527. The van der Waals surface area contributed by atoms with Gasteiger partial charge in [0.15, 0.2) is 5.69 Å². The quantitative estimate of drug-likeness (QED) is 0.907. The van der Waals surface area contributed by atoms with E-state index in [1.54, 1.807) is 11.3 Å². The van der Waals surface area contributed by atoms with Crippen molar-refractivity contribution in [3.8, 4) is 0 Å². The lowest BCUT2D eigenvalue weighted by Gasteiger charge is -2.03. The highest BCUT2D eigenvalue weighted by molar-refractivity contribution is 9.10. The molecule has 0 aliphatic heterocycles. The first-order valence-corrected chi connectivity index (χ1v) is 6.35. The lowest BCUT2D eigenvalue weighted by molar-refractivity contribution is 0.0690. The van der Waals surface area contributed by atoms with Gasteiger partial charge in [0.1, 0.15) is 5.82 Å². The number of carboxylic acids is 1. The van der Waals surface area contributed by atoms with E-state index in [0.717, 1.165) is 9.35 Å². The normalized spacial score (nSPS) is 10.2. The standard InChI is InChI=1S/C10H8BrN3O2S/c11-6-1-2-17-8(6)4-14-9-5-12-7(3-13-9)10(15)16/h1-3,5H,4H2,(H,13,14)(H,15,16). The predicted molar refractivity (Wildman–Crippen MR) is 68.3 cm³/mol. The number of anilines is 1. The van der Waals surface area contributed by atoms with Crippen LogP contribution in [-0.4, -0.2) is 21.0 Å². The minimum absolute atomic E-state index is 0.0622. The minimum Gasteiger partial charge on any atom is -0.476 e. The van der Waals surface area contributed by atoms with Gasteiger partial charge in [0.25, 0.3) is 0 Å². The predicted octanol–water partition coefficient (Wildman–Crippen LogP) is 2.61. The number of nitrogens with one attached hydrogen (secondary N) is 1. The van der Waals surface area contributed by atoms with Crippen molar-refractivity contribution < 1.29 is 9.90 Å². The van der Waals surface area contributed by atoms with Crippen molar-refractivity contribution in [1.29, 1.82) is 0 Å². The number of hydrogen-bond acceptors (Lipinski definition) is 5. The van der Waals surface area contributed by atoms with Crippen molar-refractivity contribution in [2.75, 3.05) is 5.32 Å². The van der Waals surface area contributed by atoms with Crippen LogP contribution >= 0.6 is 27.3 Å². The van der Waals surface area contributed by atoms with Gasteiger partial charge in [-0.05, 0) is 27.4 Å². The molecule has 0 amide bonds. The first-order chi connectivity index (χ1) is 8.16. The van der Waals surface area contributed by atoms with E-state index in [-0.39, 0.29) is 5.69 Å². The van der Waals surface area contributed by atoms with Crippen molar-refractivity contribution in [2.45, 2.75) is 6.54 Å². The average molecular weight is 314 g/mol. The molecular formula is C10H8BrN3O2S. The van der Waals surface area contributed by atoms with Gasteiger partial charge in [0.2, 0.25) is 0 Å². The van der Waals surface area contributed by atoms with Crippen molar-refractivity contribution in [3.05, 3.63) is 38.9 Å². The number of carboxylic acid groups (broad SMARTS) is 1. The van der Waals surface area contributed by atoms with E-state index in [2.05, 4.69) is 31.2 Å². The molecule has 0 saturated heterocycles. The third-order valence-corrected chi connectivity index (χ3v) is 3.92. The zero-order valence-electron chi connectivity index (χ0n) is 8.55. The molecule has 0 spiro atoms. The zero-order valence-corrected chi connectivity index (χ0v) is 11.0. The molecular weight excluding hydrogens is 306 g/mol. The van der Waals surface area contributed by atoms with Crippen LogP contribution in [0.4, 0.5) is 5.82 Å². The van der Waals surface area contributed by atoms with Crippen LogP contribution in [0.1, 0.15) is 15.4 Å². The summed E-state index contributed by atoms with van der Waals surface area (Å²) < 4.78 is 1.05. The summed E-state index contributed by atoms with van der Waals surface area (Å²) in [4.78, 5) is 19.5. The van der Waals surface area contributed by atoms with Crippen LogP contribution in [0.5, 0.6) is 0 Å². The second-order valence-corrected chi connectivity index (χ2v) is 4.99. The van der Waals surface area contributed by atoms with Gasteiger partial charge in [-0.1, -0.05) is 0 Å². The SMILES string of the molecule is O=C(O)c1cnc(NCc2sccc2Br)cn1. The van der Waals surface area contributed by atoms with Crippen molar-refractivity contribution in [3.63, 3.8) is 0 Å². The summed E-state index contributed by atoms with van der Waals surface area (Å²) in [6.07, 6.45) is 2.64. The molecule has 17 heavy (non-hydrogen) atoms. The van der Waals surface area contributed by atoms with E-state index in [4.69, 9.17) is 5.11 Å². The maximum Gasteiger partial charge on any atom is 0.356 e. The summed E-state index contributed by atoms with van der Waals surface area (Å²) in [5.41, 5.74) is -0.0622. The molecule has 0 aliphatic carbocycles. The largest absolute Gasteiger partial charge is 0.476 e. The average Bonchev–Trinajstić information content (AvgIpc) is 2.73. The Balaban J connectivity index is 2.00. The summed E-state index contributed by atoms with van der Waals surface area (Å²) in [6, 6.07) is 1.97. The number of carbonyl (C=O) groups is 1. The van der Waals surface area contributed by atoms with Gasteiger partial charge in [-0.25, -0.2) is 14.8 Å². The van der Waals surface area contributed by atoms with Crippen molar-refractivity contribution >= 4 is 39.1 Å². The molecule has 2 aromatic heterocycles. The first kappa shape index (κ1) is 12.0. The monoisotopic (exact) mass is 313 g/mol. The molecule has 0 saturated carbocycles. The molecule has 0 aromatic carbocycles. The molecule has 88 valence electrons. The van der Waals surface area contributed by atoms with Gasteiger partial charge >= 0.3 is 5.97 Å². The van der Waals surface area contributed by atoms with Crippen LogP contribution in [0.3, 0.4) is 0 Å². The number of thiophene rings is 1. The third kappa shape index (κ3) is 3.01. The molecule has 0 bridgehead atoms. The number of nitrogens with zero attached hydrogens (tertiary/aromatic N) is 2. The molecule has 0 unspecified atom stereocenters. The Hall–Kier alpha value is -1.47. The van der Waals surface area contributed by atoms with E-state index in [1.807, 2.05) is 11.4 Å². The lowest BCUT2D eigenvalue weighted by Crippen LogP contribution is -2.05. The van der Waals surface area contributed by atoms with Crippen LogP contribution < -0.4 is 5.32 Å². The molecule has 0 atom stereocenters. The van der Waals surface area contributed by atoms with Crippen molar-refractivity contribution in [1.82, 2.24) is 9.97 Å². The minimum atomic E-state index is -1.08. The Morgan fingerprint density at radius 3 is 2.82 bits per heavy atom. The maximum absolute atomic E-state index is 10.6. The Kier molecular flexibility index (Phi) is 3.70. The molecule has 0 fully saturated rings. The van der Waals surface area contributed by atoms with E-state index in [1.165, 1.54) is 12.4 Å². The number of rotatable bonds is 4. The van der Waals surface area contributed by atoms with Gasteiger partial charge in [-0.3, -0.25) is 0 Å². The third-order valence-electron chi connectivity index (χ3n) is 1.99. The van der Waals surface area contributed by atoms with Crippen LogP contribution in [0.15, 0.2) is 28.3 Å². The topological polar surface area (TPSA) is 75.1 Å². The smallest absolute Gasteiger partial charge is 0.356 e. The van der Waals surface area contributed by atoms with Crippen LogP contribution in [0.2, 0.25) is 0 Å². The number of hydrogen-bond donors (Lipinski definition) is 2. The van der Waals surface area contributed by atoms with Gasteiger partial charge in [-0.15, -0.1) is 11.3 Å². The Labute approximate surface area is 110 Å². The van der Waals surface area contributed by atoms with E-state index < -0.39 is 5.97 Å². The van der Waals surface area contributed by atoms with Crippen LogP contribution in [-0.2, 0) is 6.54 Å². The van der Waals surface area contributed by atoms with E-state index in [0.29, 0.717) is 12.4 Å². The molecule has 2 rings (SSSR count). The highest BCUT2D eigenvalue weighted by atomic mass is 79.9. The Morgan fingerprint density at radius 2 is 2.29 bits per heavy atom. The number of aromatic carboxylic acids is 1. The number of halogens is 1. The molecule has 2 heterocycles. The second-order valence-electron chi connectivity index (χ2n) is 3.14. The number of aromatic nitrogens is 2. The molecule has 2 aromatic rings. The summed E-state index contributed by atoms with van der Waals surface area (Å²) in [6.45, 7) is 0.624. The zero-order chi connectivity index (χ0) is 12.3. The van der Waals surface area contributed by atoms with Gasteiger partial charge in [0.05, 0.1) is 18.9 Å². The van der Waals surface area contributed by atoms with Crippen LogP contribution in [0.25, 0.3) is 0 Å². The first-order valence-electron chi connectivity index (χ1n) is 4.68. The Morgan fingerprint density at radius 1 is 1.47 bits per heavy atom. The van der Waals surface area contributed by atoms with Gasteiger partial charge in [0, 0.05) is 9.35 Å². The fourth-order valence-corrected chi connectivity index (χ4v) is 2.58. The molecule has 7 heteroatoms. The fraction of sp³-hybridized carbons (Fsp3) is 0.100. The fourth-order valence-electron chi connectivity index (χ4n) is 1.15. The second kappa shape index (κ2) is 5.24.